The second-order valence-corrected chi connectivity index (χ2v) is 3.92. The Hall–Kier alpha value is -2.84. The van der Waals surface area contributed by atoms with E-state index in [2.05, 4.69) is 15.3 Å². The highest BCUT2D eigenvalue weighted by molar-refractivity contribution is 5.39. The lowest BCUT2D eigenvalue weighted by Crippen LogP contribution is -2.03. The minimum absolute atomic E-state index is 0.148. The molecule has 21 heavy (non-hydrogen) atoms. The summed E-state index contributed by atoms with van der Waals surface area (Å²) in [6.07, 6.45) is 2.86. The number of anilines is 1. The minimum Gasteiger partial charge on any atom is -0.484 e. The lowest BCUT2D eigenvalue weighted by atomic mass is 10.3. The Labute approximate surface area is 117 Å². The van der Waals surface area contributed by atoms with Crippen LogP contribution in [0.25, 0.3) is 0 Å². The first-order valence-electron chi connectivity index (χ1n) is 5.76. The monoisotopic (exact) mass is 296 g/mol. The zero-order valence-corrected chi connectivity index (χ0v) is 10.8. The molecular formula is C12H10F2N4O3. The minimum atomic E-state index is -1.17. The van der Waals surface area contributed by atoms with E-state index in [1.807, 2.05) is 0 Å². The van der Waals surface area contributed by atoms with Crippen molar-refractivity contribution in [2.45, 2.75) is 6.61 Å². The van der Waals surface area contributed by atoms with Crippen molar-refractivity contribution in [3.63, 3.8) is 0 Å². The van der Waals surface area contributed by atoms with Crippen molar-refractivity contribution in [3.05, 3.63) is 52.0 Å². The first kappa shape index (κ1) is 14.6. The molecule has 0 fully saturated rings. The number of nitro benzene ring substituents is 1. The number of halogens is 2. The van der Waals surface area contributed by atoms with E-state index < -0.39 is 28.0 Å². The maximum Gasteiger partial charge on any atom is 0.307 e. The van der Waals surface area contributed by atoms with E-state index in [0.29, 0.717) is 23.6 Å². The second kappa shape index (κ2) is 6.07. The number of aromatic nitrogens is 2. The molecule has 1 heterocycles. The molecule has 2 rings (SSSR count). The summed E-state index contributed by atoms with van der Waals surface area (Å²) in [5.74, 6) is -2.08. The molecular weight excluding hydrogens is 286 g/mol. The lowest BCUT2D eigenvalue weighted by molar-refractivity contribution is -0.387. The van der Waals surface area contributed by atoms with Gasteiger partial charge in [-0.2, -0.15) is 4.39 Å². The predicted molar refractivity (Wildman–Crippen MR) is 68.9 cm³/mol. The molecule has 0 atom stereocenters. The van der Waals surface area contributed by atoms with Gasteiger partial charge in [0.05, 0.1) is 29.1 Å². The van der Waals surface area contributed by atoms with Crippen LogP contribution in [0.5, 0.6) is 5.75 Å². The summed E-state index contributed by atoms with van der Waals surface area (Å²) in [6.45, 7) is -0.148. The predicted octanol–water partition coefficient (Wildman–Crippen LogP) is 2.28. The summed E-state index contributed by atoms with van der Waals surface area (Å²) >= 11 is 0. The van der Waals surface area contributed by atoms with Gasteiger partial charge in [-0.15, -0.1) is 0 Å². The van der Waals surface area contributed by atoms with Crippen LogP contribution in [0.1, 0.15) is 5.69 Å². The van der Waals surface area contributed by atoms with Gasteiger partial charge in [-0.05, 0) is 0 Å². The molecule has 0 saturated carbocycles. The normalized spacial score (nSPS) is 10.2. The number of hydrogen-bond acceptors (Lipinski definition) is 6. The molecule has 0 amide bonds. The number of nitrogens with zero attached hydrogens (tertiary/aromatic N) is 3. The molecule has 1 aromatic carbocycles. The maximum absolute atomic E-state index is 13.6. The van der Waals surface area contributed by atoms with Crippen molar-refractivity contribution in [3.8, 4) is 5.75 Å². The van der Waals surface area contributed by atoms with Crippen LogP contribution in [0, 0.1) is 21.7 Å². The highest BCUT2D eigenvalue weighted by atomic mass is 19.1. The Kier molecular flexibility index (Phi) is 4.21. The van der Waals surface area contributed by atoms with E-state index in [1.165, 1.54) is 12.4 Å². The summed E-state index contributed by atoms with van der Waals surface area (Å²) in [5.41, 5.74) is -0.551. The van der Waals surface area contributed by atoms with Gasteiger partial charge in [-0.1, -0.05) is 0 Å². The van der Waals surface area contributed by atoms with Gasteiger partial charge in [0.2, 0.25) is 5.82 Å². The fourth-order valence-electron chi connectivity index (χ4n) is 1.48. The van der Waals surface area contributed by atoms with E-state index in [4.69, 9.17) is 4.74 Å². The molecule has 1 aromatic heterocycles. The van der Waals surface area contributed by atoms with Crippen LogP contribution in [-0.2, 0) is 6.61 Å². The zero-order chi connectivity index (χ0) is 15.4. The summed E-state index contributed by atoms with van der Waals surface area (Å²) in [5, 5.41) is 13.2. The third kappa shape index (κ3) is 3.38. The Morgan fingerprint density at radius 3 is 2.62 bits per heavy atom. The molecule has 110 valence electrons. The van der Waals surface area contributed by atoms with E-state index in [0.717, 1.165) is 0 Å². The molecule has 1 N–H and O–H groups in total. The van der Waals surface area contributed by atoms with E-state index in [-0.39, 0.29) is 6.61 Å². The Bertz CT molecular complexity index is 664. The third-order valence-electron chi connectivity index (χ3n) is 2.54. The van der Waals surface area contributed by atoms with Crippen LogP contribution in [-0.4, -0.2) is 21.9 Å². The summed E-state index contributed by atoms with van der Waals surface area (Å²) in [6, 6.07) is 1.10. The van der Waals surface area contributed by atoms with Crippen LogP contribution in [0.4, 0.5) is 20.3 Å². The molecule has 0 bridgehead atoms. The third-order valence-corrected chi connectivity index (χ3v) is 2.54. The first-order chi connectivity index (χ1) is 10.0. The highest BCUT2D eigenvalue weighted by Gasteiger charge is 2.19. The lowest BCUT2D eigenvalue weighted by Gasteiger charge is -2.07. The van der Waals surface area contributed by atoms with Gasteiger partial charge in [-0.25, -0.2) is 9.37 Å². The molecule has 9 heteroatoms. The number of nitro groups is 1. The van der Waals surface area contributed by atoms with Gasteiger partial charge >= 0.3 is 5.69 Å². The molecule has 0 unspecified atom stereocenters. The van der Waals surface area contributed by atoms with E-state index in [1.54, 1.807) is 7.05 Å². The first-order valence-corrected chi connectivity index (χ1v) is 5.76. The van der Waals surface area contributed by atoms with Crippen molar-refractivity contribution in [2.75, 3.05) is 12.4 Å². The highest BCUT2D eigenvalue weighted by Crippen LogP contribution is 2.26. The molecule has 0 aliphatic heterocycles. The van der Waals surface area contributed by atoms with Crippen molar-refractivity contribution < 1.29 is 18.4 Å². The van der Waals surface area contributed by atoms with Gasteiger partial charge < -0.3 is 10.1 Å². The molecule has 0 aliphatic carbocycles. The number of ether oxygens (including phenoxy) is 1. The molecule has 7 nitrogen and oxygen atoms in total. The smallest absolute Gasteiger partial charge is 0.307 e. The average Bonchev–Trinajstić information content (AvgIpc) is 2.48. The molecule has 2 aromatic rings. The van der Waals surface area contributed by atoms with E-state index in [9.17, 15) is 18.9 Å². The number of benzene rings is 1. The molecule has 0 saturated heterocycles. The van der Waals surface area contributed by atoms with Crippen LogP contribution in [0.3, 0.4) is 0 Å². The van der Waals surface area contributed by atoms with Crippen molar-refractivity contribution >= 4 is 11.5 Å². The quantitative estimate of drug-likeness (QED) is 0.672. The largest absolute Gasteiger partial charge is 0.484 e. The van der Waals surface area contributed by atoms with Crippen LogP contribution in [0.2, 0.25) is 0 Å². The number of rotatable bonds is 5. The van der Waals surface area contributed by atoms with Crippen molar-refractivity contribution in [2.24, 2.45) is 0 Å². The fraction of sp³-hybridized carbons (Fsp3) is 0.167. The average molecular weight is 296 g/mol. The van der Waals surface area contributed by atoms with Gasteiger partial charge in [0.25, 0.3) is 0 Å². The summed E-state index contributed by atoms with van der Waals surface area (Å²) in [4.78, 5) is 17.4. The van der Waals surface area contributed by atoms with Gasteiger partial charge in [0.15, 0.2) is 11.6 Å². The van der Waals surface area contributed by atoms with Gasteiger partial charge in [-0.3, -0.25) is 15.1 Å². The molecule has 0 aliphatic rings. The SMILES string of the molecule is CNc1cnc(COc2cc(F)c([N+](=O)[O-])cc2F)cn1. The molecule has 0 spiro atoms. The standard InChI is InChI=1S/C12H10F2N4O3/c1-15-12-5-16-7(4-17-12)6-21-11-3-8(13)10(18(19)20)2-9(11)14/h2-5H,6H2,1H3,(H,15,17). The Morgan fingerprint density at radius 1 is 1.29 bits per heavy atom. The van der Waals surface area contributed by atoms with Crippen molar-refractivity contribution in [1.82, 2.24) is 9.97 Å². The van der Waals surface area contributed by atoms with E-state index >= 15 is 0 Å². The maximum atomic E-state index is 13.6. The zero-order valence-electron chi connectivity index (χ0n) is 10.8. The Balaban J connectivity index is 2.12. The second-order valence-electron chi connectivity index (χ2n) is 3.92. The van der Waals surface area contributed by atoms with Crippen molar-refractivity contribution in [1.29, 1.82) is 0 Å². The summed E-state index contributed by atoms with van der Waals surface area (Å²) < 4.78 is 32.0. The summed E-state index contributed by atoms with van der Waals surface area (Å²) in [7, 11) is 1.68. The van der Waals surface area contributed by atoms with Crippen LogP contribution >= 0.6 is 0 Å². The van der Waals surface area contributed by atoms with Crippen LogP contribution in [0.15, 0.2) is 24.5 Å². The van der Waals surface area contributed by atoms with Gasteiger partial charge in [0.1, 0.15) is 12.4 Å². The number of hydrogen-bond donors (Lipinski definition) is 1. The fourth-order valence-corrected chi connectivity index (χ4v) is 1.48. The van der Waals surface area contributed by atoms with Gasteiger partial charge in [0, 0.05) is 13.1 Å². The Morgan fingerprint density at radius 2 is 2.05 bits per heavy atom. The number of nitrogens with one attached hydrogen (secondary N) is 1. The van der Waals surface area contributed by atoms with Crippen LogP contribution < -0.4 is 10.1 Å². The molecule has 0 radical (unpaired) electrons. The topological polar surface area (TPSA) is 90.2 Å².